The first-order chi connectivity index (χ1) is 14.4. The van der Waals surface area contributed by atoms with Crippen LogP contribution in [0.3, 0.4) is 0 Å². The van der Waals surface area contributed by atoms with Crippen LogP contribution in [0.2, 0.25) is 0 Å². The minimum Gasteiger partial charge on any atom is -0.350 e. The normalized spacial score (nSPS) is 21.0. The van der Waals surface area contributed by atoms with Gasteiger partial charge in [-0.3, -0.25) is 0 Å². The zero-order valence-electron chi connectivity index (χ0n) is 17.7. The number of hydrogen-bond acceptors (Lipinski definition) is 1. The molecule has 0 heterocycles. The van der Waals surface area contributed by atoms with Crippen LogP contribution in [0, 0.1) is 6.92 Å². The highest BCUT2D eigenvalue weighted by Crippen LogP contribution is 2.50. The van der Waals surface area contributed by atoms with E-state index in [4.69, 9.17) is 0 Å². The molecule has 0 saturated carbocycles. The van der Waals surface area contributed by atoms with Crippen molar-refractivity contribution >= 4 is 11.3 Å². The Morgan fingerprint density at radius 3 is 2.40 bits per heavy atom. The molecule has 30 heavy (non-hydrogen) atoms. The second-order valence-electron chi connectivity index (χ2n) is 8.96. The summed E-state index contributed by atoms with van der Waals surface area (Å²) in [7, 11) is 0. The fourth-order valence-corrected chi connectivity index (χ4v) is 4.86. The van der Waals surface area contributed by atoms with Gasteiger partial charge >= 0.3 is 0 Å². The van der Waals surface area contributed by atoms with Crippen molar-refractivity contribution in [2.24, 2.45) is 0 Å². The third kappa shape index (κ3) is 2.99. The maximum absolute atomic E-state index is 15.9. The zero-order valence-corrected chi connectivity index (χ0v) is 17.7. The lowest BCUT2D eigenvalue weighted by Crippen LogP contribution is -2.32. The number of allylic oxidation sites excluding steroid dienone is 2. The smallest absolute Gasteiger partial charge is 0.203 e. The topological polar surface area (TPSA) is 12.0 Å². The molecule has 1 N–H and O–H groups in total. The van der Waals surface area contributed by atoms with E-state index < -0.39 is 5.79 Å². The van der Waals surface area contributed by atoms with Gasteiger partial charge in [0.2, 0.25) is 5.79 Å². The number of alkyl halides is 1. The molecule has 1 atom stereocenters. The fourth-order valence-electron chi connectivity index (χ4n) is 4.86. The monoisotopic (exact) mass is 395 g/mol. The quantitative estimate of drug-likeness (QED) is 0.455. The minimum atomic E-state index is -1.62. The van der Waals surface area contributed by atoms with Crippen molar-refractivity contribution in [1.29, 1.82) is 0 Å². The van der Waals surface area contributed by atoms with Crippen LogP contribution in [0.15, 0.2) is 85.0 Å². The molecule has 1 unspecified atom stereocenters. The highest BCUT2D eigenvalue weighted by Gasteiger charge is 2.37. The van der Waals surface area contributed by atoms with E-state index in [1.54, 1.807) is 6.08 Å². The second kappa shape index (κ2) is 6.70. The molecule has 0 spiro atoms. The Balaban J connectivity index is 1.50. The molecular formula is C28H26FN. The Morgan fingerprint density at radius 2 is 1.60 bits per heavy atom. The summed E-state index contributed by atoms with van der Waals surface area (Å²) in [6.45, 7) is 6.59. The van der Waals surface area contributed by atoms with Gasteiger partial charge in [-0.25, -0.2) is 4.39 Å². The minimum absolute atomic E-state index is 0.0451. The molecule has 2 aliphatic carbocycles. The summed E-state index contributed by atoms with van der Waals surface area (Å²) in [6, 6.07) is 22.9. The Morgan fingerprint density at radius 1 is 0.867 bits per heavy atom. The summed E-state index contributed by atoms with van der Waals surface area (Å²) in [5.41, 5.74) is 9.02. The number of halogens is 1. The molecule has 2 heteroatoms. The molecule has 0 aliphatic heterocycles. The predicted molar refractivity (Wildman–Crippen MR) is 124 cm³/mol. The van der Waals surface area contributed by atoms with Gasteiger partial charge in [0.25, 0.3) is 0 Å². The molecule has 0 radical (unpaired) electrons. The predicted octanol–water partition coefficient (Wildman–Crippen LogP) is 7.42. The number of rotatable bonds is 3. The van der Waals surface area contributed by atoms with E-state index in [1.807, 2.05) is 42.5 Å². The molecule has 5 rings (SSSR count). The van der Waals surface area contributed by atoms with Crippen LogP contribution < -0.4 is 5.32 Å². The number of benzene rings is 3. The summed E-state index contributed by atoms with van der Waals surface area (Å²) >= 11 is 0. The molecule has 0 aromatic heterocycles. The van der Waals surface area contributed by atoms with Gasteiger partial charge in [-0.05, 0) is 58.0 Å². The molecule has 0 saturated heterocycles. The Kier molecular flexibility index (Phi) is 4.21. The van der Waals surface area contributed by atoms with Crippen LogP contribution in [0.1, 0.15) is 42.5 Å². The highest BCUT2D eigenvalue weighted by molar-refractivity contribution is 5.84. The third-order valence-electron chi connectivity index (χ3n) is 6.52. The van der Waals surface area contributed by atoms with Gasteiger partial charge < -0.3 is 5.32 Å². The molecule has 0 fully saturated rings. The Bertz CT molecular complexity index is 1190. The van der Waals surface area contributed by atoms with Gasteiger partial charge in [0, 0.05) is 17.5 Å². The third-order valence-corrected chi connectivity index (χ3v) is 6.52. The molecule has 0 amide bonds. The maximum atomic E-state index is 15.9. The van der Waals surface area contributed by atoms with Crippen molar-refractivity contribution < 1.29 is 4.39 Å². The Hall–Kier alpha value is -3.13. The highest BCUT2D eigenvalue weighted by atomic mass is 19.1. The van der Waals surface area contributed by atoms with E-state index >= 15 is 4.39 Å². The second-order valence-corrected chi connectivity index (χ2v) is 8.96. The lowest BCUT2D eigenvalue weighted by Gasteiger charge is -2.30. The summed E-state index contributed by atoms with van der Waals surface area (Å²) < 4.78 is 15.9. The van der Waals surface area contributed by atoms with Gasteiger partial charge in [0.05, 0.1) is 0 Å². The Labute approximate surface area is 178 Å². The lowest BCUT2D eigenvalue weighted by atomic mass is 9.82. The van der Waals surface area contributed by atoms with Gasteiger partial charge in [0.15, 0.2) is 0 Å². The summed E-state index contributed by atoms with van der Waals surface area (Å²) in [6.07, 6.45) is 5.75. The molecule has 3 aromatic carbocycles. The van der Waals surface area contributed by atoms with Crippen LogP contribution in [-0.4, -0.2) is 5.79 Å². The van der Waals surface area contributed by atoms with Crippen molar-refractivity contribution in [3.05, 3.63) is 107 Å². The lowest BCUT2D eigenvalue weighted by molar-refractivity contribution is 0.275. The van der Waals surface area contributed by atoms with Gasteiger partial charge in [0.1, 0.15) is 0 Å². The van der Waals surface area contributed by atoms with E-state index in [-0.39, 0.29) is 5.41 Å². The number of fused-ring (bicyclic) bond motifs is 3. The zero-order chi connectivity index (χ0) is 20.9. The van der Waals surface area contributed by atoms with Crippen LogP contribution in [0.25, 0.3) is 16.7 Å². The average molecular weight is 396 g/mol. The first kappa shape index (κ1) is 18.9. The van der Waals surface area contributed by atoms with Crippen molar-refractivity contribution in [2.45, 2.75) is 38.4 Å². The largest absolute Gasteiger partial charge is 0.350 e. The number of aryl methyl sites for hydroxylation is 1. The van der Waals surface area contributed by atoms with Gasteiger partial charge in [-0.15, -0.1) is 0 Å². The van der Waals surface area contributed by atoms with E-state index in [1.165, 1.54) is 22.3 Å². The van der Waals surface area contributed by atoms with Crippen LogP contribution in [-0.2, 0) is 5.41 Å². The molecule has 3 aromatic rings. The van der Waals surface area contributed by atoms with Crippen molar-refractivity contribution in [1.82, 2.24) is 0 Å². The van der Waals surface area contributed by atoms with Crippen LogP contribution in [0.4, 0.5) is 10.1 Å². The fraction of sp³-hybridized carbons (Fsp3) is 0.214. The summed E-state index contributed by atoms with van der Waals surface area (Å²) in [5.74, 6) is -1.62. The molecule has 1 nitrogen and oxygen atoms in total. The molecular weight excluding hydrogens is 369 g/mol. The van der Waals surface area contributed by atoms with Crippen molar-refractivity contribution in [3.8, 4) is 11.1 Å². The summed E-state index contributed by atoms with van der Waals surface area (Å²) in [5, 5.41) is 3.22. The first-order valence-electron chi connectivity index (χ1n) is 10.5. The van der Waals surface area contributed by atoms with Crippen molar-refractivity contribution in [2.75, 3.05) is 5.32 Å². The van der Waals surface area contributed by atoms with Crippen molar-refractivity contribution in [3.63, 3.8) is 0 Å². The van der Waals surface area contributed by atoms with E-state index in [2.05, 4.69) is 62.5 Å². The maximum Gasteiger partial charge on any atom is 0.203 e. The van der Waals surface area contributed by atoms with E-state index in [9.17, 15) is 0 Å². The first-order valence-corrected chi connectivity index (χ1v) is 10.5. The van der Waals surface area contributed by atoms with E-state index in [0.717, 1.165) is 22.4 Å². The number of hydrogen-bond donors (Lipinski definition) is 1. The van der Waals surface area contributed by atoms with Gasteiger partial charge in [-0.1, -0.05) is 86.7 Å². The molecule has 150 valence electrons. The molecule has 2 aliphatic rings. The standard InChI is InChI=1S/C28H26FN/c1-19-16-25-23(22-13-7-8-14-24(22)27(25,2)3)17-26(19)30-28(29)15-9-12-21(18-28)20-10-5-4-6-11-20/h4-17,30H,18H2,1-3H3. The van der Waals surface area contributed by atoms with E-state index in [0.29, 0.717) is 6.42 Å². The molecule has 0 bridgehead atoms. The van der Waals surface area contributed by atoms with Gasteiger partial charge in [-0.2, -0.15) is 0 Å². The van der Waals surface area contributed by atoms with Crippen LogP contribution >= 0.6 is 0 Å². The average Bonchev–Trinajstić information content (AvgIpc) is 2.96. The number of anilines is 1. The SMILES string of the molecule is Cc1cc2c(cc1NC1(F)C=CC=C(c3ccccc3)C1)-c1ccccc1C2(C)C. The summed E-state index contributed by atoms with van der Waals surface area (Å²) in [4.78, 5) is 0. The number of nitrogens with one attached hydrogen (secondary N) is 1. The van der Waals surface area contributed by atoms with Crippen LogP contribution in [0.5, 0.6) is 0 Å².